The van der Waals surface area contributed by atoms with Gasteiger partial charge in [0, 0.05) is 6.42 Å². The molecule has 4 heteroatoms. The number of carbonyl (C=O) groups is 1. The number of rotatable bonds is 2. The first kappa shape index (κ1) is 12.5. The molecular weight excluding hydrogens is 256 g/mol. The molecule has 1 N–H and O–H groups in total. The number of esters is 1. The van der Waals surface area contributed by atoms with Gasteiger partial charge in [-0.1, -0.05) is 24.3 Å². The van der Waals surface area contributed by atoms with Gasteiger partial charge in [-0.2, -0.15) is 0 Å². The fraction of sp³-hybridized carbons (Fsp3) is 0.188. The van der Waals surface area contributed by atoms with Gasteiger partial charge in [0.1, 0.15) is 23.2 Å². The van der Waals surface area contributed by atoms with E-state index in [-0.39, 0.29) is 17.8 Å². The van der Waals surface area contributed by atoms with Crippen LogP contribution in [-0.4, -0.2) is 18.2 Å². The van der Waals surface area contributed by atoms with Crippen molar-refractivity contribution < 1.29 is 19.4 Å². The van der Waals surface area contributed by atoms with Crippen molar-refractivity contribution in [3.8, 4) is 11.5 Å². The molecule has 2 aromatic carbocycles. The molecule has 3 rings (SSSR count). The first-order chi connectivity index (χ1) is 9.69. The second-order valence-corrected chi connectivity index (χ2v) is 4.68. The van der Waals surface area contributed by atoms with Crippen molar-refractivity contribution >= 4 is 5.97 Å². The molecule has 2 aromatic rings. The monoisotopic (exact) mass is 270 g/mol. The quantitative estimate of drug-likeness (QED) is 0.852. The van der Waals surface area contributed by atoms with Crippen LogP contribution in [0.15, 0.2) is 42.5 Å². The fourth-order valence-corrected chi connectivity index (χ4v) is 2.45. The van der Waals surface area contributed by atoms with Crippen LogP contribution in [0.3, 0.4) is 0 Å². The number of cyclic esters (lactones) is 1. The highest BCUT2D eigenvalue weighted by atomic mass is 16.5. The van der Waals surface area contributed by atoms with Crippen LogP contribution in [0.4, 0.5) is 0 Å². The molecule has 1 aliphatic heterocycles. The molecule has 20 heavy (non-hydrogen) atoms. The molecule has 0 amide bonds. The summed E-state index contributed by atoms with van der Waals surface area (Å²) in [4.78, 5) is 12.2. The number of carbonyl (C=O) groups excluding carboxylic acids is 1. The molecule has 0 radical (unpaired) electrons. The van der Waals surface area contributed by atoms with Gasteiger partial charge in [0.15, 0.2) is 0 Å². The van der Waals surface area contributed by atoms with Gasteiger partial charge in [-0.15, -0.1) is 0 Å². The molecule has 102 valence electrons. The number of benzene rings is 2. The minimum Gasteiger partial charge on any atom is -0.508 e. The standard InChI is InChI=1S/C16H14O4/c1-19-13-4-2-3-11-9-14(20-16(18)15(11)13)10-5-7-12(17)8-6-10/h2-8,14,17H,9H2,1H3. The highest BCUT2D eigenvalue weighted by Gasteiger charge is 2.30. The van der Waals surface area contributed by atoms with E-state index in [1.807, 2.05) is 12.1 Å². The number of hydrogen-bond acceptors (Lipinski definition) is 4. The number of phenolic OH excluding ortho intramolecular Hbond substituents is 1. The highest BCUT2D eigenvalue weighted by molar-refractivity contribution is 5.95. The topological polar surface area (TPSA) is 55.8 Å². The zero-order valence-electron chi connectivity index (χ0n) is 11.0. The minimum atomic E-state index is -0.373. The average Bonchev–Trinajstić information content (AvgIpc) is 2.47. The van der Waals surface area contributed by atoms with Crippen LogP contribution < -0.4 is 4.74 Å². The van der Waals surface area contributed by atoms with E-state index < -0.39 is 0 Å². The van der Waals surface area contributed by atoms with Crippen molar-refractivity contribution in [1.82, 2.24) is 0 Å². The summed E-state index contributed by atoms with van der Waals surface area (Å²) in [6, 6.07) is 12.2. The van der Waals surface area contributed by atoms with Crippen LogP contribution in [-0.2, 0) is 11.2 Å². The van der Waals surface area contributed by atoms with Gasteiger partial charge < -0.3 is 14.6 Å². The van der Waals surface area contributed by atoms with Crippen LogP contribution in [0.25, 0.3) is 0 Å². The van der Waals surface area contributed by atoms with E-state index >= 15 is 0 Å². The molecule has 1 heterocycles. The van der Waals surface area contributed by atoms with Crippen molar-refractivity contribution in [2.45, 2.75) is 12.5 Å². The molecule has 1 aliphatic rings. The predicted molar refractivity (Wildman–Crippen MR) is 73.0 cm³/mol. The number of hydrogen-bond donors (Lipinski definition) is 1. The Hall–Kier alpha value is -2.49. The average molecular weight is 270 g/mol. The first-order valence-corrected chi connectivity index (χ1v) is 6.35. The normalized spacial score (nSPS) is 17.2. The van der Waals surface area contributed by atoms with E-state index in [1.54, 1.807) is 30.3 Å². The van der Waals surface area contributed by atoms with E-state index in [1.165, 1.54) is 7.11 Å². The maximum atomic E-state index is 12.2. The third-order valence-electron chi connectivity index (χ3n) is 3.46. The zero-order valence-corrected chi connectivity index (χ0v) is 11.0. The van der Waals surface area contributed by atoms with Gasteiger partial charge in [-0.3, -0.25) is 0 Å². The highest BCUT2D eigenvalue weighted by Crippen LogP contribution is 2.35. The predicted octanol–water partition coefficient (Wildman–Crippen LogP) is 2.86. The lowest BCUT2D eigenvalue weighted by atomic mass is 9.94. The lowest BCUT2D eigenvalue weighted by molar-refractivity contribution is 0.0248. The van der Waals surface area contributed by atoms with Gasteiger partial charge in [-0.25, -0.2) is 4.79 Å². The molecule has 0 saturated heterocycles. The number of aromatic hydroxyl groups is 1. The summed E-state index contributed by atoms with van der Waals surface area (Å²) < 4.78 is 10.7. The Bertz CT molecular complexity index is 646. The van der Waals surface area contributed by atoms with Crippen molar-refractivity contribution in [2.24, 2.45) is 0 Å². The third kappa shape index (κ3) is 2.09. The van der Waals surface area contributed by atoms with Gasteiger partial charge >= 0.3 is 5.97 Å². The van der Waals surface area contributed by atoms with Gasteiger partial charge in [0.25, 0.3) is 0 Å². The molecule has 0 bridgehead atoms. The lowest BCUT2D eigenvalue weighted by Gasteiger charge is -2.26. The molecule has 1 unspecified atom stereocenters. The largest absolute Gasteiger partial charge is 0.508 e. The second kappa shape index (κ2) is 4.89. The van der Waals surface area contributed by atoms with Crippen LogP contribution in [0.2, 0.25) is 0 Å². The fourth-order valence-electron chi connectivity index (χ4n) is 2.45. The zero-order chi connectivity index (χ0) is 14.1. The van der Waals surface area contributed by atoms with Crippen molar-refractivity contribution in [2.75, 3.05) is 7.11 Å². The summed E-state index contributed by atoms with van der Waals surface area (Å²) in [6.45, 7) is 0. The number of fused-ring (bicyclic) bond motifs is 1. The Balaban J connectivity index is 1.97. The maximum absolute atomic E-state index is 12.2. The van der Waals surface area contributed by atoms with Crippen LogP contribution in [0, 0.1) is 0 Å². The number of phenols is 1. The van der Waals surface area contributed by atoms with Crippen molar-refractivity contribution in [1.29, 1.82) is 0 Å². The SMILES string of the molecule is COc1cccc2c1C(=O)OC(c1ccc(O)cc1)C2. The van der Waals surface area contributed by atoms with Gasteiger partial charge in [-0.05, 0) is 29.3 Å². The summed E-state index contributed by atoms with van der Waals surface area (Å²) >= 11 is 0. The second-order valence-electron chi connectivity index (χ2n) is 4.68. The number of ether oxygens (including phenoxy) is 2. The maximum Gasteiger partial charge on any atom is 0.342 e. The molecule has 1 atom stereocenters. The Kier molecular flexibility index (Phi) is 3.06. The number of methoxy groups -OCH3 is 1. The molecule has 0 aromatic heterocycles. The van der Waals surface area contributed by atoms with Crippen LogP contribution in [0.5, 0.6) is 11.5 Å². The summed E-state index contributed by atoms with van der Waals surface area (Å²) in [5.74, 6) is 0.358. The lowest BCUT2D eigenvalue weighted by Crippen LogP contribution is -2.22. The van der Waals surface area contributed by atoms with Crippen LogP contribution >= 0.6 is 0 Å². The first-order valence-electron chi connectivity index (χ1n) is 6.35. The van der Waals surface area contributed by atoms with E-state index in [2.05, 4.69) is 0 Å². The van der Waals surface area contributed by atoms with Crippen LogP contribution in [0.1, 0.15) is 27.6 Å². The summed E-state index contributed by atoms with van der Waals surface area (Å²) in [5.41, 5.74) is 2.29. The molecular formula is C16H14O4. The van der Waals surface area contributed by atoms with Crippen molar-refractivity contribution in [3.63, 3.8) is 0 Å². The smallest absolute Gasteiger partial charge is 0.342 e. The summed E-state index contributed by atoms with van der Waals surface area (Å²) in [7, 11) is 1.54. The van der Waals surface area contributed by atoms with E-state index in [0.29, 0.717) is 17.7 Å². The molecule has 0 saturated carbocycles. The van der Waals surface area contributed by atoms with Gasteiger partial charge in [0.05, 0.1) is 7.11 Å². The molecule has 0 fully saturated rings. The Morgan fingerprint density at radius 1 is 1.20 bits per heavy atom. The van der Waals surface area contributed by atoms with Crippen molar-refractivity contribution in [3.05, 3.63) is 59.2 Å². The Morgan fingerprint density at radius 3 is 2.65 bits per heavy atom. The van der Waals surface area contributed by atoms with E-state index in [9.17, 15) is 9.90 Å². The molecule has 0 spiro atoms. The Morgan fingerprint density at radius 2 is 1.95 bits per heavy atom. The molecule has 4 nitrogen and oxygen atoms in total. The minimum absolute atomic E-state index is 0.193. The van der Waals surface area contributed by atoms with E-state index in [0.717, 1.165) is 11.1 Å². The summed E-state index contributed by atoms with van der Waals surface area (Å²) in [5, 5.41) is 9.31. The van der Waals surface area contributed by atoms with Gasteiger partial charge in [0.2, 0.25) is 0 Å². The van der Waals surface area contributed by atoms with E-state index in [4.69, 9.17) is 9.47 Å². The molecule has 0 aliphatic carbocycles. The summed E-state index contributed by atoms with van der Waals surface area (Å²) in [6.07, 6.45) is 0.269. The third-order valence-corrected chi connectivity index (χ3v) is 3.46. The Labute approximate surface area is 116 Å².